The Kier molecular flexibility index (Phi) is 6.82. The van der Waals surface area contributed by atoms with Gasteiger partial charge in [0, 0.05) is 6.04 Å². The quantitative estimate of drug-likeness (QED) is 0.273. The second-order valence-corrected chi connectivity index (χ2v) is 1.11. The second-order valence-electron chi connectivity index (χ2n) is 1.11. The first kappa shape index (κ1) is 10.4. The molecule has 0 saturated carbocycles. The van der Waals surface area contributed by atoms with E-state index in [0.717, 1.165) is 0 Å². The van der Waals surface area contributed by atoms with Crippen molar-refractivity contribution in [1.29, 1.82) is 0 Å². The third kappa shape index (κ3) is 6.43. The van der Waals surface area contributed by atoms with Crippen LogP contribution in [-0.2, 0) is 4.79 Å². The number of carbonyl (C=O) groups excluding carboxylic acids is 1. The van der Waals surface area contributed by atoms with Gasteiger partial charge in [-0.1, -0.05) is 0 Å². The van der Waals surface area contributed by atoms with Crippen molar-refractivity contribution in [3.05, 3.63) is 0 Å². The number of aliphatic carboxylic acids is 1. The molecule has 0 bridgehead atoms. The first-order valence-electron chi connectivity index (χ1n) is 1.61. The molecule has 0 aromatic carbocycles. The Morgan fingerprint density at radius 1 is 1.86 bits per heavy atom. The van der Waals surface area contributed by atoms with Gasteiger partial charge in [-0.15, -0.1) is 0 Å². The van der Waals surface area contributed by atoms with E-state index in [1.807, 2.05) is 0 Å². The van der Waals surface area contributed by atoms with Crippen LogP contribution in [0.4, 0.5) is 0 Å². The minimum atomic E-state index is -1.21. The molecule has 4 heteroatoms. The third-order valence-corrected chi connectivity index (χ3v) is 0.372. The Balaban J connectivity index is 0. The molecule has 0 rings (SSSR count). The Morgan fingerprint density at radius 2 is 2.00 bits per heavy atom. The van der Waals surface area contributed by atoms with E-state index in [-0.39, 0.29) is 29.6 Å². The molecule has 0 heterocycles. The van der Waals surface area contributed by atoms with E-state index >= 15 is 0 Å². The fourth-order valence-electron chi connectivity index (χ4n) is 0. The van der Waals surface area contributed by atoms with Crippen molar-refractivity contribution in [3.8, 4) is 0 Å². The van der Waals surface area contributed by atoms with E-state index in [1.54, 1.807) is 0 Å². The fraction of sp³-hybridized carbons (Fsp3) is 0.667. The maximum atomic E-state index is 9.46. The van der Waals surface area contributed by atoms with Gasteiger partial charge in [-0.3, -0.25) is 0 Å². The monoisotopic (exact) mass is 112 g/mol. The van der Waals surface area contributed by atoms with Crippen molar-refractivity contribution >= 4 is 5.97 Å². The van der Waals surface area contributed by atoms with Gasteiger partial charge in [0.15, 0.2) is 0 Å². The average Bonchev–Trinajstić information content (AvgIpc) is 1.36. The van der Waals surface area contributed by atoms with Crippen LogP contribution < -0.4 is 40.4 Å². The summed E-state index contributed by atoms with van der Waals surface area (Å²) in [7, 11) is 0. The molecule has 0 radical (unpaired) electrons. The van der Waals surface area contributed by atoms with Crippen LogP contribution in [0.2, 0.25) is 0 Å². The van der Waals surface area contributed by atoms with Crippen molar-refractivity contribution in [2.75, 3.05) is 0 Å². The van der Waals surface area contributed by atoms with Crippen LogP contribution in [0.3, 0.4) is 0 Å². The summed E-state index contributed by atoms with van der Waals surface area (Å²) in [6.07, 6.45) is 0. The zero-order valence-corrected chi connectivity index (χ0v) is 6.47. The molecule has 3 nitrogen and oxygen atoms in total. The molecular formula is C3H6NNaO2. The van der Waals surface area contributed by atoms with Crippen LogP contribution in [0, 0.1) is 0 Å². The Bertz CT molecular complexity index is 64.0. The molecule has 7 heavy (non-hydrogen) atoms. The molecule has 0 saturated heterocycles. The number of carboxylic acid groups (broad SMARTS) is 1. The summed E-state index contributed by atoms with van der Waals surface area (Å²) in [4.78, 5) is 9.46. The maximum Gasteiger partial charge on any atom is 1.00 e. The van der Waals surface area contributed by atoms with Gasteiger partial charge in [0.25, 0.3) is 0 Å². The van der Waals surface area contributed by atoms with E-state index in [2.05, 4.69) is 0 Å². The molecule has 0 aliphatic carbocycles. The zero-order chi connectivity index (χ0) is 5.15. The van der Waals surface area contributed by atoms with Crippen molar-refractivity contribution in [1.82, 2.24) is 0 Å². The van der Waals surface area contributed by atoms with Gasteiger partial charge in [0.05, 0.1) is 5.97 Å². The maximum absolute atomic E-state index is 9.46. The first-order chi connectivity index (χ1) is 2.64. The molecule has 0 spiro atoms. The van der Waals surface area contributed by atoms with E-state index in [0.29, 0.717) is 0 Å². The van der Waals surface area contributed by atoms with Crippen LogP contribution in [0.15, 0.2) is 0 Å². The average molecular weight is 112 g/mol. The summed E-state index contributed by atoms with van der Waals surface area (Å²) in [6, 6.07) is -0.843. The van der Waals surface area contributed by atoms with E-state index in [1.165, 1.54) is 6.92 Å². The van der Waals surface area contributed by atoms with Gasteiger partial charge in [-0.2, -0.15) is 0 Å². The van der Waals surface area contributed by atoms with Gasteiger partial charge >= 0.3 is 29.6 Å². The molecule has 36 valence electrons. The van der Waals surface area contributed by atoms with E-state index < -0.39 is 12.0 Å². The topological polar surface area (TPSA) is 66.2 Å². The van der Waals surface area contributed by atoms with Crippen molar-refractivity contribution in [2.24, 2.45) is 5.73 Å². The largest absolute Gasteiger partial charge is 1.00 e. The van der Waals surface area contributed by atoms with E-state index in [4.69, 9.17) is 5.73 Å². The zero-order valence-electron chi connectivity index (χ0n) is 4.47. The fourth-order valence-corrected chi connectivity index (χ4v) is 0. The van der Waals surface area contributed by atoms with Crippen molar-refractivity contribution < 1.29 is 39.5 Å². The van der Waals surface area contributed by atoms with Crippen LogP contribution >= 0.6 is 0 Å². The van der Waals surface area contributed by atoms with Crippen LogP contribution in [0.5, 0.6) is 0 Å². The first-order valence-corrected chi connectivity index (χ1v) is 1.61. The summed E-state index contributed by atoms with van der Waals surface area (Å²) < 4.78 is 0. The SMILES string of the molecule is CC(N)[13C](=O)[O-].[Na+]. The summed E-state index contributed by atoms with van der Waals surface area (Å²) in [5.74, 6) is -1.21. The van der Waals surface area contributed by atoms with Crippen LogP contribution in [0.25, 0.3) is 0 Å². The van der Waals surface area contributed by atoms with Crippen molar-refractivity contribution in [2.45, 2.75) is 13.0 Å². The smallest absolute Gasteiger partial charge is 0.548 e. The molecule has 1 unspecified atom stereocenters. The molecule has 0 fully saturated rings. The second kappa shape index (κ2) is 4.59. The Hall–Kier alpha value is 0.430. The summed E-state index contributed by atoms with van der Waals surface area (Å²) in [5.41, 5.74) is 4.77. The standard InChI is InChI=1S/C3H7NO2.Na/c1-2(4)3(5)6;/h2H,4H2,1H3,(H,5,6);/q;+1/p-1/i3+1;. The number of hydrogen-bond acceptors (Lipinski definition) is 3. The van der Waals surface area contributed by atoms with Gasteiger partial charge in [-0.05, 0) is 6.92 Å². The molecule has 0 amide bonds. The molecule has 0 aromatic rings. The molecule has 0 aromatic heterocycles. The number of carboxylic acids is 1. The Morgan fingerprint density at radius 3 is 2.00 bits per heavy atom. The molecule has 0 aliphatic rings. The van der Waals surface area contributed by atoms with Crippen LogP contribution in [-0.4, -0.2) is 12.0 Å². The Labute approximate surface area is 64.2 Å². The predicted molar refractivity (Wildman–Crippen MR) is 18.7 cm³/mol. The van der Waals surface area contributed by atoms with Gasteiger partial charge in [0.2, 0.25) is 0 Å². The number of nitrogens with two attached hydrogens (primary N) is 1. The van der Waals surface area contributed by atoms with Gasteiger partial charge < -0.3 is 15.6 Å². The molecule has 0 aliphatic heterocycles. The summed E-state index contributed by atoms with van der Waals surface area (Å²) in [6.45, 7) is 1.36. The number of carbonyl (C=O) groups is 1. The van der Waals surface area contributed by atoms with Gasteiger partial charge in [0.1, 0.15) is 0 Å². The van der Waals surface area contributed by atoms with Gasteiger partial charge in [-0.25, -0.2) is 0 Å². The van der Waals surface area contributed by atoms with Crippen LogP contribution in [0.1, 0.15) is 6.92 Å². The normalized spacial score (nSPS) is 11.7. The van der Waals surface area contributed by atoms with Crippen molar-refractivity contribution in [3.63, 3.8) is 0 Å². The number of hydrogen-bond donors (Lipinski definition) is 1. The summed E-state index contributed by atoms with van der Waals surface area (Å²) in [5, 5.41) is 9.46. The summed E-state index contributed by atoms with van der Waals surface area (Å²) >= 11 is 0. The minimum Gasteiger partial charge on any atom is -0.548 e. The minimum absolute atomic E-state index is 0. The van der Waals surface area contributed by atoms with E-state index in [9.17, 15) is 9.90 Å². The molecule has 2 N–H and O–H groups in total. The number of rotatable bonds is 1. The molecular weight excluding hydrogens is 106 g/mol. The third-order valence-electron chi connectivity index (χ3n) is 0.372. The molecule has 1 atom stereocenters. The predicted octanol–water partition coefficient (Wildman–Crippen LogP) is -4.91.